The number of hydrogen-bond donors (Lipinski definition) is 4. The zero-order valence-electron chi connectivity index (χ0n) is 21.3. The van der Waals surface area contributed by atoms with E-state index in [1.807, 2.05) is 75.4 Å². The van der Waals surface area contributed by atoms with Crippen molar-refractivity contribution in [2.75, 3.05) is 12.4 Å². The van der Waals surface area contributed by atoms with Crippen LogP contribution in [0.25, 0.3) is 0 Å². The molecule has 0 saturated carbocycles. The smallest absolute Gasteiger partial charge is 0.315 e. The number of nitrogens with zero attached hydrogens (tertiary/aromatic N) is 1. The molecule has 0 radical (unpaired) electrons. The lowest BCUT2D eigenvalue weighted by Crippen LogP contribution is -2.59. The van der Waals surface area contributed by atoms with Gasteiger partial charge in [-0.3, -0.25) is 9.59 Å². The van der Waals surface area contributed by atoms with E-state index < -0.39 is 34.9 Å². The number of rotatable bonds is 9. The van der Waals surface area contributed by atoms with Crippen LogP contribution in [0.5, 0.6) is 0 Å². The fraction of sp³-hybridized carbons (Fsp3) is 0.444. The van der Waals surface area contributed by atoms with Crippen LogP contribution in [0.2, 0.25) is 0 Å². The fourth-order valence-corrected chi connectivity index (χ4v) is 5.47. The van der Waals surface area contributed by atoms with E-state index in [4.69, 9.17) is 0 Å². The average Bonchev–Trinajstić information content (AvgIpc) is 3.17. The van der Waals surface area contributed by atoms with Crippen molar-refractivity contribution in [3.8, 4) is 0 Å². The zero-order valence-corrected chi connectivity index (χ0v) is 22.1. The SMILES string of the molecule is CCNC(=O)NC(Cc1ccccc1)C(O)C(=O)N1CSC(C)(C)C1C(=O)NCc1ccccc1C. The molecule has 1 aliphatic heterocycles. The van der Waals surface area contributed by atoms with Gasteiger partial charge in [0.2, 0.25) is 5.91 Å². The number of thioether (sulfide) groups is 1. The number of benzene rings is 2. The van der Waals surface area contributed by atoms with E-state index in [1.54, 1.807) is 6.92 Å². The summed E-state index contributed by atoms with van der Waals surface area (Å²) in [7, 11) is 0. The number of carbonyl (C=O) groups excluding carboxylic acids is 3. The summed E-state index contributed by atoms with van der Waals surface area (Å²) in [5.74, 6) is -0.586. The first-order chi connectivity index (χ1) is 17.1. The molecule has 1 heterocycles. The number of aliphatic hydroxyl groups is 1. The van der Waals surface area contributed by atoms with Gasteiger partial charge in [0.25, 0.3) is 5.91 Å². The van der Waals surface area contributed by atoms with E-state index in [1.165, 1.54) is 16.7 Å². The van der Waals surface area contributed by atoms with Gasteiger partial charge in [-0.2, -0.15) is 0 Å². The molecule has 3 unspecified atom stereocenters. The molecular formula is C27H36N4O4S. The van der Waals surface area contributed by atoms with Gasteiger partial charge in [-0.05, 0) is 50.8 Å². The third-order valence-electron chi connectivity index (χ3n) is 6.38. The van der Waals surface area contributed by atoms with E-state index in [2.05, 4.69) is 16.0 Å². The number of urea groups is 1. The van der Waals surface area contributed by atoms with Gasteiger partial charge in [-0.15, -0.1) is 11.8 Å². The van der Waals surface area contributed by atoms with E-state index in [9.17, 15) is 19.5 Å². The molecule has 3 rings (SSSR count). The normalized spacial score (nSPS) is 18.2. The summed E-state index contributed by atoms with van der Waals surface area (Å²) < 4.78 is -0.548. The highest BCUT2D eigenvalue weighted by Gasteiger charge is 2.49. The number of aryl methyl sites for hydroxylation is 1. The van der Waals surface area contributed by atoms with Gasteiger partial charge < -0.3 is 26.0 Å². The molecule has 194 valence electrons. The fourth-order valence-electron chi connectivity index (χ4n) is 4.33. The van der Waals surface area contributed by atoms with E-state index in [-0.39, 0.29) is 18.2 Å². The molecular weight excluding hydrogens is 476 g/mol. The van der Waals surface area contributed by atoms with Crippen molar-refractivity contribution >= 4 is 29.6 Å². The largest absolute Gasteiger partial charge is 0.381 e. The lowest BCUT2D eigenvalue weighted by atomic mass is 9.97. The van der Waals surface area contributed by atoms with Gasteiger partial charge in [0.1, 0.15) is 6.04 Å². The molecule has 2 aromatic carbocycles. The van der Waals surface area contributed by atoms with E-state index in [0.29, 0.717) is 13.1 Å². The second-order valence-electron chi connectivity index (χ2n) is 9.48. The summed E-state index contributed by atoms with van der Waals surface area (Å²) in [6.07, 6.45) is -1.26. The van der Waals surface area contributed by atoms with Crippen molar-refractivity contribution in [1.29, 1.82) is 0 Å². The molecule has 4 N–H and O–H groups in total. The Labute approximate surface area is 217 Å². The van der Waals surface area contributed by atoms with Crippen molar-refractivity contribution in [2.45, 2.75) is 63.6 Å². The highest BCUT2D eigenvalue weighted by atomic mass is 32.2. The molecule has 0 bridgehead atoms. The number of amides is 4. The Balaban J connectivity index is 1.77. The van der Waals surface area contributed by atoms with Crippen molar-refractivity contribution in [3.63, 3.8) is 0 Å². The summed E-state index contributed by atoms with van der Waals surface area (Å²) in [6.45, 7) is 8.37. The molecule has 8 nitrogen and oxygen atoms in total. The Morgan fingerprint density at radius 3 is 2.42 bits per heavy atom. The first kappa shape index (κ1) is 27.5. The Hall–Kier alpha value is -3.04. The third-order valence-corrected chi connectivity index (χ3v) is 7.75. The van der Waals surface area contributed by atoms with Crippen molar-refractivity contribution in [3.05, 3.63) is 71.3 Å². The van der Waals surface area contributed by atoms with Gasteiger partial charge in [0.05, 0.1) is 11.9 Å². The van der Waals surface area contributed by atoms with Crippen molar-refractivity contribution in [2.24, 2.45) is 0 Å². The van der Waals surface area contributed by atoms with Gasteiger partial charge in [-0.25, -0.2) is 4.79 Å². The topological polar surface area (TPSA) is 111 Å². The average molecular weight is 513 g/mol. The quantitative estimate of drug-likeness (QED) is 0.413. The summed E-state index contributed by atoms with van der Waals surface area (Å²) >= 11 is 1.49. The van der Waals surface area contributed by atoms with Crippen LogP contribution in [0.3, 0.4) is 0 Å². The predicted molar refractivity (Wildman–Crippen MR) is 142 cm³/mol. The minimum absolute atomic E-state index is 0.263. The Kier molecular flexibility index (Phi) is 9.39. The predicted octanol–water partition coefficient (Wildman–Crippen LogP) is 2.58. The molecule has 4 amide bonds. The summed E-state index contributed by atoms with van der Waals surface area (Å²) in [5, 5.41) is 19.5. The molecule has 0 spiro atoms. The number of nitrogens with one attached hydrogen (secondary N) is 3. The molecule has 1 aliphatic rings. The maximum Gasteiger partial charge on any atom is 0.315 e. The number of aliphatic hydroxyl groups excluding tert-OH is 1. The molecule has 9 heteroatoms. The lowest BCUT2D eigenvalue weighted by molar-refractivity contribution is -0.147. The van der Waals surface area contributed by atoms with Gasteiger partial charge in [0.15, 0.2) is 6.10 Å². The van der Waals surface area contributed by atoms with Gasteiger partial charge >= 0.3 is 6.03 Å². The maximum atomic E-state index is 13.6. The first-order valence-corrected chi connectivity index (χ1v) is 13.2. The van der Waals surface area contributed by atoms with Crippen LogP contribution in [-0.4, -0.2) is 63.2 Å². The molecule has 0 aromatic heterocycles. The summed E-state index contributed by atoms with van der Waals surface area (Å²) in [6, 6.07) is 15.1. The lowest BCUT2D eigenvalue weighted by Gasteiger charge is -2.33. The Morgan fingerprint density at radius 2 is 1.75 bits per heavy atom. The van der Waals surface area contributed by atoms with Crippen LogP contribution in [0.15, 0.2) is 54.6 Å². The summed E-state index contributed by atoms with van der Waals surface area (Å²) in [5.41, 5.74) is 2.94. The van der Waals surface area contributed by atoms with Crippen LogP contribution in [0, 0.1) is 6.92 Å². The van der Waals surface area contributed by atoms with Crippen LogP contribution in [0.4, 0.5) is 4.79 Å². The standard InChI is InChI=1S/C27H36N4O4S/c1-5-28-26(35)30-21(15-19-12-7-6-8-13-19)22(32)25(34)31-17-36-27(3,4)23(31)24(33)29-16-20-14-10-9-11-18(20)2/h6-14,21-23,32H,5,15-17H2,1-4H3,(H,29,33)(H2,28,30,35). The van der Waals surface area contributed by atoms with Crippen molar-refractivity contribution < 1.29 is 19.5 Å². The van der Waals surface area contributed by atoms with Crippen LogP contribution in [-0.2, 0) is 22.6 Å². The van der Waals surface area contributed by atoms with Crippen LogP contribution >= 0.6 is 11.8 Å². The molecule has 36 heavy (non-hydrogen) atoms. The molecule has 1 fully saturated rings. The number of hydrogen-bond acceptors (Lipinski definition) is 5. The first-order valence-electron chi connectivity index (χ1n) is 12.2. The highest BCUT2D eigenvalue weighted by molar-refractivity contribution is 8.00. The molecule has 0 aliphatic carbocycles. The van der Waals surface area contributed by atoms with E-state index in [0.717, 1.165) is 16.7 Å². The summed E-state index contributed by atoms with van der Waals surface area (Å²) in [4.78, 5) is 40.6. The Morgan fingerprint density at radius 1 is 1.08 bits per heavy atom. The van der Waals surface area contributed by atoms with Crippen LogP contribution in [0.1, 0.15) is 37.5 Å². The maximum absolute atomic E-state index is 13.6. The van der Waals surface area contributed by atoms with Crippen LogP contribution < -0.4 is 16.0 Å². The zero-order chi connectivity index (χ0) is 26.3. The third kappa shape index (κ3) is 6.79. The molecule has 2 aromatic rings. The van der Waals surface area contributed by atoms with Crippen molar-refractivity contribution in [1.82, 2.24) is 20.9 Å². The van der Waals surface area contributed by atoms with Gasteiger partial charge in [0, 0.05) is 17.8 Å². The second kappa shape index (κ2) is 12.3. The Bertz CT molecular complexity index is 1060. The van der Waals surface area contributed by atoms with E-state index >= 15 is 0 Å². The molecule has 3 atom stereocenters. The van der Waals surface area contributed by atoms with Gasteiger partial charge in [-0.1, -0.05) is 54.6 Å². The second-order valence-corrected chi connectivity index (χ2v) is 11.1. The monoisotopic (exact) mass is 512 g/mol. The molecule has 1 saturated heterocycles. The minimum Gasteiger partial charge on any atom is -0.381 e. The number of carbonyl (C=O) groups is 3. The highest BCUT2D eigenvalue weighted by Crippen LogP contribution is 2.40. The minimum atomic E-state index is -1.52.